The SMILES string of the molecule is COc1csc(-c2ccc(Cl)s2)n1. The topological polar surface area (TPSA) is 22.1 Å². The molecule has 13 heavy (non-hydrogen) atoms. The average molecular weight is 232 g/mol. The first-order valence-corrected chi connectivity index (χ1v) is 5.62. The van der Waals surface area contributed by atoms with Gasteiger partial charge in [0.15, 0.2) is 0 Å². The van der Waals surface area contributed by atoms with Gasteiger partial charge in [-0.25, -0.2) is 4.98 Å². The number of halogens is 1. The predicted molar refractivity (Wildman–Crippen MR) is 57.0 cm³/mol. The van der Waals surface area contributed by atoms with E-state index in [9.17, 15) is 0 Å². The lowest BCUT2D eigenvalue weighted by molar-refractivity contribution is 0.401. The lowest BCUT2D eigenvalue weighted by atomic mass is 10.5. The van der Waals surface area contributed by atoms with Crippen LogP contribution in [0.15, 0.2) is 17.5 Å². The number of thiazole rings is 1. The molecule has 0 amide bonds. The van der Waals surface area contributed by atoms with Crippen LogP contribution in [0.5, 0.6) is 5.88 Å². The van der Waals surface area contributed by atoms with Crippen LogP contribution in [0.4, 0.5) is 0 Å². The lowest BCUT2D eigenvalue weighted by Gasteiger charge is -1.89. The number of hydrogen-bond acceptors (Lipinski definition) is 4. The van der Waals surface area contributed by atoms with Crippen LogP contribution < -0.4 is 4.74 Å². The van der Waals surface area contributed by atoms with Crippen molar-refractivity contribution >= 4 is 34.3 Å². The van der Waals surface area contributed by atoms with E-state index < -0.39 is 0 Å². The van der Waals surface area contributed by atoms with Gasteiger partial charge in [-0.15, -0.1) is 22.7 Å². The van der Waals surface area contributed by atoms with Crippen LogP contribution in [0.25, 0.3) is 9.88 Å². The number of thiophene rings is 1. The maximum Gasteiger partial charge on any atom is 0.224 e. The summed E-state index contributed by atoms with van der Waals surface area (Å²) < 4.78 is 5.78. The van der Waals surface area contributed by atoms with E-state index in [-0.39, 0.29) is 0 Å². The molecule has 0 aliphatic heterocycles. The Morgan fingerprint density at radius 3 is 2.85 bits per heavy atom. The third-order valence-corrected chi connectivity index (χ3v) is 3.70. The highest BCUT2D eigenvalue weighted by Crippen LogP contribution is 2.34. The number of methoxy groups -OCH3 is 1. The maximum atomic E-state index is 5.82. The quantitative estimate of drug-likeness (QED) is 0.789. The van der Waals surface area contributed by atoms with Crippen molar-refractivity contribution in [3.05, 3.63) is 21.8 Å². The minimum absolute atomic E-state index is 0.657. The Morgan fingerprint density at radius 2 is 2.31 bits per heavy atom. The van der Waals surface area contributed by atoms with Gasteiger partial charge in [-0.2, -0.15) is 0 Å². The van der Waals surface area contributed by atoms with Crippen molar-refractivity contribution in [2.45, 2.75) is 0 Å². The van der Waals surface area contributed by atoms with E-state index in [1.807, 2.05) is 17.5 Å². The number of aromatic nitrogens is 1. The first-order chi connectivity index (χ1) is 6.29. The molecule has 68 valence electrons. The molecule has 0 fully saturated rings. The van der Waals surface area contributed by atoms with Gasteiger partial charge in [0.05, 0.1) is 21.7 Å². The highest BCUT2D eigenvalue weighted by molar-refractivity contribution is 7.23. The van der Waals surface area contributed by atoms with Gasteiger partial charge < -0.3 is 4.74 Å². The van der Waals surface area contributed by atoms with E-state index in [2.05, 4.69) is 4.98 Å². The van der Waals surface area contributed by atoms with Crippen LogP contribution in [-0.2, 0) is 0 Å². The van der Waals surface area contributed by atoms with Gasteiger partial charge in [0.2, 0.25) is 5.88 Å². The van der Waals surface area contributed by atoms with Gasteiger partial charge in [-0.05, 0) is 12.1 Å². The molecule has 0 N–H and O–H groups in total. The zero-order chi connectivity index (χ0) is 9.26. The summed E-state index contributed by atoms with van der Waals surface area (Å²) in [6.07, 6.45) is 0. The van der Waals surface area contributed by atoms with Crippen molar-refractivity contribution in [3.8, 4) is 15.8 Å². The highest BCUT2D eigenvalue weighted by Gasteiger charge is 2.06. The van der Waals surface area contributed by atoms with Crippen LogP contribution in [0.2, 0.25) is 4.34 Å². The third kappa shape index (κ3) is 1.85. The Bertz CT molecular complexity index is 410. The summed E-state index contributed by atoms with van der Waals surface area (Å²) in [7, 11) is 1.61. The number of hydrogen-bond donors (Lipinski definition) is 0. The Kier molecular flexibility index (Phi) is 2.53. The van der Waals surface area contributed by atoms with Crippen molar-refractivity contribution < 1.29 is 4.74 Å². The first kappa shape index (κ1) is 8.99. The van der Waals surface area contributed by atoms with Crippen molar-refractivity contribution in [2.75, 3.05) is 7.11 Å². The maximum absolute atomic E-state index is 5.82. The first-order valence-electron chi connectivity index (χ1n) is 3.55. The van der Waals surface area contributed by atoms with E-state index in [0.717, 1.165) is 14.2 Å². The van der Waals surface area contributed by atoms with Crippen LogP contribution in [-0.4, -0.2) is 12.1 Å². The minimum Gasteiger partial charge on any atom is -0.480 e. The fraction of sp³-hybridized carbons (Fsp3) is 0.125. The molecule has 2 heterocycles. The van der Waals surface area contributed by atoms with E-state index >= 15 is 0 Å². The molecule has 0 bridgehead atoms. The molecule has 0 aliphatic carbocycles. The fourth-order valence-corrected chi connectivity index (χ4v) is 2.78. The molecule has 2 rings (SSSR count). The predicted octanol–water partition coefficient (Wildman–Crippen LogP) is 3.53. The molecular formula is C8H6ClNOS2. The summed E-state index contributed by atoms with van der Waals surface area (Å²) in [6.45, 7) is 0. The second kappa shape index (κ2) is 3.65. The molecule has 5 heteroatoms. The molecule has 0 atom stereocenters. The van der Waals surface area contributed by atoms with Gasteiger partial charge in [-0.1, -0.05) is 11.6 Å². The smallest absolute Gasteiger partial charge is 0.224 e. The van der Waals surface area contributed by atoms with Crippen molar-refractivity contribution in [1.29, 1.82) is 0 Å². The average Bonchev–Trinajstić information content (AvgIpc) is 2.71. The normalized spacial score (nSPS) is 10.3. The standard InChI is InChI=1S/C8H6ClNOS2/c1-11-7-4-12-8(10-7)5-2-3-6(9)13-5/h2-4H,1H3. The van der Waals surface area contributed by atoms with E-state index in [1.165, 1.54) is 11.3 Å². The number of nitrogens with zero attached hydrogens (tertiary/aromatic N) is 1. The van der Waals surface area contributed by atoms with Crippen LogP contribution >= 0.6 is 34.3 Å². The third-order valence-electron chi connectivity index (χ3n) is 1.48. The highest BCUT2D eigenvalue weighted by atomic mass is 35.5. The molecule has 2 aromatic heterocycles. The molecule has 0 unspecified atom stereocenters. The van der Waals surface area contributed by atoms with Crippen molar-refractivity contribution in [3.63, 3.8) is 0 Å². The molecule has 2 nitrogen and oxygen atoms in total. The molecule has 2 aromatic rings. The van der Waals surface area contributed by atoms with E-state index in [0.29, 0.717) is 5.88 Å². The van der Waals surface area contributed by atoms with Crippen LogP contribution in [0.3, 0.4) is 0 Å². The fourth-order valence-electron chi connectivity index (χ4n) is 0.895. The largest absolute Gasteiger partial charge is 0.480 e. The van der Waals surface area contributed by atoms with Gasteiger partial charge in [-0.3, -0.25) is 0 Å². The van der Waals surface area contributed by atoms with Crippen molar-refractivity contribution in [2.24, 2.45) is 0 Å². The van der Waals surface area contributed by atoms with Gasteiger partial charge in [0, 0.05) is 0 Å². The molecule has 0 spiro atoms. The molecule has 0 aliphatic rings. The summed E-state index contributed by atoms with van der Waals surface area (Å²) in [6, 6.07) is 3.83. The summed E-state index contributed by atoms with van der Waals surface area (Å²) in [5.41, 5.74) is 0. The zero-order valence-electron chi connectivity index (χ0n) is 6.78. The lowest BCUT2D eigenvalue weighted by Crippen LogP contribution is -1.80. The molecule has 0 saturated carbocycles. The van der Waals surface area contributed by atoms with Gasteiger partial charge in [0.25, 0.3) is 0 Å². The molecule has 0 saturated heterocycles. The summed E-state index contributed by atoms with van der Waals surface area (Å²) >= 11 is 8.89. The molecule has 0 aromatic carbocycles. The summed E-state index contributed by atoms with van der Waals surface area (Å²) in [4.78, 5) is 5.34. The van der Waals surface area contributed by atoms with Gasteiger partial charge in [0.1, 0.15) is 5.01 Å². The van der Waals surface area contributed by atoms with Crippen LogP contribution in [0, 0.1) is 0 Å². The van der Waals surface area contributed by atoms with E-state index in [1.54, 1.807) is 18.4 Å². The second-order valence-corrected chi connectivity index (χ2v) is 4.87. The number of rotatable bonds is 2. The summed E-state index contributed by atoms with van der Waals surface area (Å²) in [5.74, 6) is 0.657. The Morgan fingerprint density at radius 1 is 1.46 bits per heavy atom. The Hall–Kier alpha value is -0.580. The zero-order valence-corrected chi connectivity index (χ0v) is 9.17. The molecule has 0 radical (unpaired) electrons. The van der Waals surface area contributed by atoms with E-state index in [4.69, 9.17) is 16.3 Å². The Labute approximate surface area is 88.8 Å². The monoisotopic (exact) mass is 231 g/mol. The van der Waals surface area contributed by atoms with Crippen LogP contribution in [0.1, 0.15) is 0 Å². The minimum atomic E-state index is 0.657. The number of ether oxygens (including phenoxy) is 1. The molecular weight excluding hydrogens is 226 g/mol. The summed E-state index contributed by atoms with van der Waals surface area (Å²) in [5, 5.41) is 2.83. The van der Waals surface area contributed by atoms with Gasteiger partial charge >= 0.3 is 0 Å². The van der Waals surface area contributed by atoms with Crippen molar-refractivity contribution in [1.82, 2.24) is 4.98 Å². The second-order valence-electron chi connectivity index (χ2n) is 2.30. The Balaban J connectivity index is 2.35.